The van der Waals surface area contributed by atoms with Crippen LogP contribution in [0.1, 0.15) is 31.4 Å². The van der Waals surface area contributed by atoms with Crippen LogP contribution in [-0.4, -0.2) is 59.5 Å². The summed E-state index contributed by atoms with van der Waals surface area (Å²) in [6.07, 6.45) is 6.28. The second-order valence-electron chi connectivity index (χ2n) is 7.22. The number of likely N-dealkylation sites (tertiary alicyclic amines) is 1. The molecule has 1 amide bonds. The maximum atomic E-state index is 12.9. The van der Waals surface area contributed by atoms with Crippen LogP contribution in [0.3, 0.4) is 0 Å². The first-order chi connectivity index (χ1) is 11.8. The Morgan fingerprint density at radius 1 is 1.32 bits per heavy atom. The number of sulfonamides is 1. The Morgan fingerprint density at radius 2 is 2.00 bits per heavy atom. The normalized spacial score (nSPS) is 21.7. The molecule has 2 fully saturated rings. The van der Waals surface area contributed by atoms with Gasteiger partial charge in [0.25, 0.3) is 0 Å². The number of hydrogen-bond acceptors (Lipinski definition) is 4. The summed E-state index contributed by atoms with van der Waals surface area (Å²) in [7, 11) is -1.78. The highest BCUT2D eigenvalue weighted by Gasteiger charge is 2.43. The first-order valence-electron chi connectivity index (χ1n) is 8.66. The number of carbonyl (C=O) groups excluding carboxylic acids is 1. The van der Waals surface area contributed by atoms with Gasteiger partial charge in [-0.05, 0) is 31.6 Å². The number of piperidine rings is 2. The molecule has 3 heterocycles. The zero-order chi connectivity index (χ0) is 18.2. The second-order valence-corrected chi connectivity index (χ2v) is 9.13. The lowest BCUT2D eigenvalue weighted by Crippen LogP contribution is -2.52. The summed E-state index contributed by atoms with van der Waals surface area (Å²) in [5.41, 5.74) is 0.565. The van der Waals surface area contributed by atoms with Crippen LogP contribution >= 0.6 is 0 Å². The van der Waals surface area contributed by atoms with E-state index in [1.54, 1.807) is 30.5 Å². The molecule has 8 heteroatoms. The van der Waals surface area contributed by atoms with Crippen molar-refractivity contribution in [2.24, 2.45) is 12.5 Å². The number of amides is 1. The van der Waals surface area contributed by atoms with E-state index in [4.69, 9.17) is 0 Å². The molecule has 0 bridgehead atoms. The first-order valence-corrected chi connectivity index (χ1v) is 10.1. The molecule has 0 aliphatic carbocycles. The number of carbonyl (C=O) groups is 1. The predicted octanol–water partition coefficient (Wildman–Crippen LogP) is 1.31. The summed E-state index contributed by atoms with van der Waals surface area (Å²) in [4.78, 5) is 14.2. The minimum Gasteiger partial charge on any atom is -0.338 e. The van der Waals surface area contributed by atoms with Crippen LogP contribution < -0.4 is 0 Å². The molecule has 0 saturated carbocycles. The average molecular weight is 366 g/mol. The summed E-state index contributed by atoms with van der Waals surface area (Å²) in [5, 5.41) is 4.15. The summed E-state index contributed by atoms with van der Waals surface area (Å²) in [5.74, 6) is 0.173. The van der Waals surface area contributed by atoms with Gasteiger partial charge in [-0.15, -0.1) is 6.58 Å². The van der Waals surface area contributed by atoms with Gasteiger partial charge in [0, 0.05) is 45.8 Å². The zero-order valence-corrected chi connectivity index (χ0v) is 15.8. The molecule has 2 saturated heterocycles. The van der Waals surface area contributed by atoms with Crippen molar-refractivity contribution in [3.05, 3.63) is 24.5 Å². The monoisotopic (exact) mass is 366 g/mol. The van der Waals surface area contributed by atoms with Gasteiger partial charge in [0.2, 0.25) is 15.9 Å². The summed E-state index contributed by atoms with van der Waals surface area (Å²) in [6, 6.07) is 0. The van der Waals surface area contributed by atoms with Crippen LogP contribution in [0.4, 0.5) is 0 Å². The van der Waals surface area contributed by atoms with E-state index in [1.165, 1.54) is 4.68 Å². The van der Waals surface area contributed by atoms with Crippen LogP contribution in [-0.2, 0) is 21.9 Å². The third-order valence-corrected chi connectivity index (χ3v) is 7.47. The van der Waals surface area contributed by atoms with Gasteiger partial charge in [-0.1, -0.05) is 6.08 Å². The number of nitrogens with zero attached hydrogens (tertiary/aromatic N) is 4. The molecule has 0 aromatic carbocycles. The highest BCUT2D eigenvalue weighted by molar-refractivity contribution is 7.89. The Morgan fingerprint density at radius 3 is 2.56 bits per heavy atom. The van der Waals surface area contributed by atoms with Gasteiger partial charge in [-0.3, -0.25) is 9.48 Å². The van der Waals surface area contributed by atoms with Crippen molar-refractivity contribution in [1.82, 2.24) is 19.0 Å². The third kappa shape index (κ3) is 3.37. The van der Waals surface area contributed by atoms with Gasteiger partial charge < -0.3 is 4.90 Å². The number of aromatic nitrogens is 2. The van der Waals surface area contributed by atoms with Crippen LogP contribution in [0.5, 0.6) is 0 Å². The Balaban J connectivity index is 1.72. The van der Waals surface area contributed by atoms with Crippen molar-refractivity contribution in [2.75, 3.05) is 26.2 Å². The molecule has 25 heavy (non-hydrogen) atoms. The van der Waals surface area contributed by atoms with E-state index in [0.717, 1.165) is 19.3 Å². The molecule has 2 aliphatic rings. The largest absolute Gasteiger partial charge is 0.338 e. The Labute approximate surface area is 149 Å². The standard InChI is InChI=1S/C17H26N4O3S/c1-4-9-20-13-17(6-5-16(20)22)7-10-21(11-8-17)25(23,24)15-12-19(3)18-14(15)2/h4,12H,1,5-11,13H2,2-3H3. The van der Waals surface area contributed by atoms with Gasteiger partial charge in [0.15, 0.2) is 0 Å². The molecule has 1 aromatic heterocycles. The first kappa shape index (κ1) is 18.1. The Bertz CT molecular complexity index is 776. The molecule has 7 nitrogen and oxygen atoms in total. The van der Waals surface area contributed by atoms with Crippen molar-refractivity contribution in [3.8, 4) is 0 Å². The third-order valence-electron chi connectivity index (χ3n) is 5.47. The van der Waals surface area contributed by atoms with Gasteiger partial charge >= 0.3 is 0 Å². The van der Waals surface area contributed by atoms with E-state index in [2.05, 4.69) is 11.7 Å². The highest BCUT2D eigenvalue weighted by Crippen LogP contribution is 2.41. The van der Waals surface area contributed by atoms with Crippen molar-refractivity contribution >= 4 is 15.9 Å². The van der Waals surface area contributed by atoms with Crippen LogP contribution in [0.25, 0.3) is 0 Å². The lowest BCUT2D eigenvalue weighted by molar-refractivity contribution is -0.138. The van der Waals surface area contributed by atoms with Crippen molar-refractivity contribution < 1.29 is 13.2 Å². The lowest BCUT2D eigenvalue weighted by Gasteiger charge is -2.46. The highest BCUT2D eigenvalue weighted by atomic mass is 32.2. The number of rotatable bonds is 4. The molecular weight excluding hydrogens is 340 g/mol. The van der Waals surface area contributed by atoms with Crippen molar-refractivity contribution in [1.29, 1.82) is 0 Å². The van der Waals surface area contributed by atoms with E-state index in [1.807, 2.05) is 4.90 Å². The molecule has 0 N–H and O–H groups in total. The van der Waals surface area contributed by atoms with E-state index in [0.29, 0.717) is 38.3 Å². The fourth-order valence-electron chi connectivity index (χ4n) is 4.00. The Hall–Kier alpha value is -1.67. The quantitative estimate of drug-likeness (QED) is 0.753. The van der Waals surface area contributed by atoms with Crippen LogP contribution in [0, 0.1) is 12.3 Å². The van der Waals surface area contributed by atoms with Gasteiger partial charge in [0.1, 0.15) is 4.90 Å². The minimum atomic E-state index is -3.51. The molecule has 1 aromatic rings. The smallest absolute Gasteiger partial charge is 0.246 e. The van der Waals surface area contributed by atoms with Gasteiger partial charge in [-0.2, -0.15) is 9.40 Å². The summed E-state index contributed by atoms with van der Waals surface area (Å²) < 4.78 is 28.9. The zero-order valence-electron chi connectivity index (χ0n) is 14.9. The number of aryl methyl sites for hydroxylation is 2. The molecular formula is C17H26N4O3S. The molecule has 0 radical (unpaired) electrons. The number of hydrogen-bond donors (Lipinski definition) is 0. The van der Waals surface area contributed by atoms with E-state index < -0.39 is 10.0 Å². The predicted molar refractivity (Wildman–Crippen MR) is 94.4 cm³/mol. The lowest BCUT2D eigenvalue weighted by atomic mass is 9.73. The Kier molecular flexibility index (Phi) is 4.76. The maximum Gasteiger partial charge on any atom is 0.246 e. The van der Waals surface area contributed by atoms with E-state index >= 15 is 0 Å². The van der Waals surface area contributed by atoms with Crippen molar-refractivity contribution in [2.45, 2.75) is 37.5 Å². The summed E-state index contributed by atoms with van der Waals surface area (Å²) >= 11 is 0. The molecule has 3 rings (SSSR count). The van der Waals surface area contributed by atoms with Gasteiger partial charge in [0.05, 0.1) is 5.69 Å². The fraction of sp³-hybridized carbons (Fsp3) is 0.647. The van der Waals surface area contributed by atoms with Gasteiger partial charge in [-0.25, -0.2) is 8.42 Å². The van der Waals surface area contributed by atoms with E-state index in [-0.39, 0.29) is 16.2 Å². The molecule has 2 aliphatic heterocycles. The average Bonchev–Trinajstić information content (AvgIpc) is 2.91. The second kappa shape index (κ2) is 6.57. The molecule has 0 atom stereocenters. The van der Waals surface area contributed by atoms with Crippen molar-refractivity contribution in [3.63, 3.8) is 0 Å². The molecule has 0 unspecified atom stereocenters. The minimum absolute atomic E-state index is 0.0346. The molecule has 138 valence electrons. The summed E-state index contributed by atoms with van der Waals surface area (Å²) in [6.45, 7) is 7.70. The topological polar surface area (TPSA) is 75.5 Å². The fourth-order valence-corrected chi connectivity index (χ4v) is 5.65. The molecule has 1 spiro atoms. The van der Waals surface area contributed by atoms with Crippen LogP contribution in [0.15, 0.2) is 23.7 Å². The maximum absolute atomic E-state index is 12.9. The van der Waals surface area contributed by atoms with E-state index in [9.17, 15) is 13.2 Å². The SMILES string of the molecule is C=CCN1CC2(CCC1=O)CCN(S(=O)(=O)c1cn(C)nc1C)CC2. The van der Waals surface area contributed by atoms with Crippen LogP contribution in [0.2, 0.25) is 0 Å².